The van der Waals surface area contributed by atoms with Crippen LogP contribution in [0.4, 0.5) is 0 Å². The van der Waals surface area contributed by atoms with Crippen molar-refractivity contribution in [1.82, 2.24) is 9.80 Å². The van der Waals surface area contributed by atoms with Crippen molar-refractivity contribution in [3.8, 4) is 0 Å². The number of rotatable bonds is 4. The Labute approximate surface area is 121 Å². The molecule has 1 heterocycles. The van der Waals surface area contributed by atoms with Crippen molar-refractivity contribution < 1.29 is 4.79 Å². The van der Waals surface area contributed by atoms with Crippen LogP contribution >= 0.6 is 0 Å². The molecule has 0 radical (unpaired) electrons. The highest BCUT2D eigenvalue weighted by Gasteiger charge is 2.32. The molecule has 1 aromatic rings. The van der Waals surface area contributed by atoms with Crippen molar-refractivity contribution in [2.45, 2.75) is 32.4 Å². The first kappa shape index (κ1) is 15.0. The number of carbonyl (C=O) groups is 1. The molecule has 1 saturated heterocycles. The Morgan fingerprint density at radius 3 is 2.35 bits per heavy atom. The van der Waals surface area contributed by atoms with Gasteiger partial charge < -0.3 is 10.6 Å². The number of nitrogens with two attached hydrogens (primary N) is 1. The van der Waals surface area contributed by atoms with E-state index >= 15 is 0 Å². The molecule has 4 nitrogen and oxygen atoms in total. The number of amides is 1. The van der Waals surface area contributed by atoms with Crippen LogP contribution in [0.5, 0.6) is 0 Å². The third-order valence-electron chi connectivity index (χ3n) is 4.13. The van der Waals surface area contributed by atoms with Gasteiger partial charge in [0.15, 0.2) is 0 Å². The predicted molar refractivity (Wildman–Crippen MR) is 81.2 cm³/mol. The molecule has 0 bridgehead atoms. The Bertz CT molecular complexity index is 436. The summed E-state index contributed by atoms with van der Waals surface area (Å²) >= 11 is 0. The Balaban J connectivity index is 1.85. The number of benzene rings is 1. The van der Waals surface area contributed by atoms with Crippen molar-refractivity contribution in [2.24, 2.45) is 5.73 Å². The molecule has 0 aliphatic carbocycles. The quantitative estimate of drug-likeness (QED) is 0.905. The molecule has 1 aliphatic rings. The summed E-state index contributed by atoms with van der Waals surface area (Å²) in [5.41, 5.74) is 6.65. The van der Waals surface area contributed by atoms with Gasteiger partial charge in [0.1, 0.15) is 0 Å². The minimum atomic E-state index is -0.721. The summed E-state index contributed by atoms with van der Waals surface area (Å²) in [5.74, 6) is 0.0827. The first-order valence-electron chi connectivity index (χ1n) is 7.37. The Hall–Kier alpha value is -1.39. The van der Waals surface area contributed by atoms with Gasteiger partial charge in [-0.1, -0.05) is 37.3 Å². The second-order valence-corrected chi connectivity index (χ2v) is 5.82. The van der Waals surface area contributed by atoms with E-state index in [9.17, 15) is 4.79 Å². The minimum Gasteiger partial charge on any atom is -0.339 e. The molecule has 0 aromatic heterocycles. The lowest BCUT2D eigenvalue weighted by Gasteiger charge is -2.38. The van der Waals surface area contributed by atoms with Crippen LogP contribution in [-0.2, 0) is 11.3 Å². The van der Waals surface area contributed by atoms with Crippen molar-refractivity contribution in [1.29, 1.82) is 0 Å². The van der Waals surface area contributed by atoms with Gasteiger partial charge in [0.25, 0.3) is 0 Å². The number of hydrogen-bond donors (Lipinski definition) is 1. The van der Waals surface area contributed by atoms with E-state index in [4.69, 9.17) is 5.73 Å². The van der Waals surface area contributed by atoms with Crippen molar-refractivity contribution in [2.75, 3.05) is 26.2 Å². The summed E-state index contributed by atoms with van der Waals surface area (Å²) in [6.07, 6.45) is 0.677. The lowest BCUT2D eigenvalue weighted by Crippen LogP contribution is -2.57. The summed E-state index contributed by atoms with van der Waals surface area (Å²) in [7, 11) is 0. The Morgan fingerprint density at radius 1 is 1.20 bits per heavy atom. The van der Waals surface area contributed by atoms with E-state index in [1.54, 1.807) is 0 Å². The van der Waals surface area contributed by atoms with Crippen LogP contribution < -0.4 is 5.73 Å². The molecule has 4 heteroatoms. The number of piperazine rings is 1. The molecule has 1 amide bonds. The average Bonchev–Trinajstić information content (AvgIpc) is 2.48. The van der Waals surface area contributed by atoms with Crippen LogP contribution in [0.25, 0.3) is 0 Å². The molecular weight excluding hydrogens is 250 g/mol. The van der Waals surface area contributed by atoms with Gasteiger partial charge in [0.05, 0.1) is 5.54 Å². The zero-order valence-electron chi connectivity index (χ0n) is 12.5. The van der Waals surface area contributed by atoms with Crippen molar-refractivity contribution in [3.63, 3.8) is 0 Å². The summed E-state index contributed by atoms with van der Waals surface area (Å²) in [4.78, 5) is 16.6. The van der Waals surface area contributed by atoms with Crippen LogP contribution in [0.15, 0.2) is 30.3 Å². The number of nitrogens with zero attached hydrogens (tertiary/aromatic N) is 2. The fourth-order valence-corrected chi connectivity index (χ4v) is 2.46. The number of carbonyl (C=O) groups excluding carboxylic acids is 1. The monoisotopic (exact) mass is 275 g/mol. The highest BCUT2D eigenvalue weighted by molar-refractivity contribution is 5.85. The topological polar surface area (TPSA) is 49.6 Å². The van der Waals surface area contributed by atoms with E-state index in [0.717, 1.165) is 32.7 Å². The molecule has 1 aliphatic heterocycles. The third-order valence-corrected chi connectivity index (χ3v) is 4.13. The van der Waals surface area contributed by atoms with Crippen LogP contribution in [0.3, 0.4) is 0 Å². The lowest BCUT2D eigenvalue weighted by molar-refractivity contribution is -0.138. The lowest BCUT2D eigenvalue weighted by atomic mass is 9.98. The van der Waals surface area contributed by atoms with Gasteiger partial charge in [-0.05, 0) is 18.9 Å². The molecule has 1 aromatic carbocycles. The number of hydrogen-bond acceptors (Lipinski definition) is 3. The zero-order chi connectivity index (χ0) is 14.6. The minimum absolute atomic E-state index is 0.0827. The van der Waals surface area contributed by atoms with Crippen molar-refractivity contribution >= 4 is 5.91 Å². The normalized spacial score (nSPS) is 19.6. The van der Waals surface area contributed by atoms with E-state index < -0.39 is 5.54 Å². The van der Waals surface area contributed by atoms with E-state index in [1.165, 1.54) is 5.56 Å². The predicted octanol–water partition coefficient (Wildman–Crippen LogP) is 1.46. The SMILES string of the molecule is CCC(C)(N)C(=O)N1CCN(Cc2ccccc2)CC1. The van der Waals surface area contributed by atoms with Crippen LogP contribution in [0.1, 0.15) is 25.8 Å². The fraction of sp³-hybridized carbons (Fsp3) is 0.562. The third kappa shape index (κ3) is 3.58. The second-order valence-electron chi connectivity index (χ2n) is 5.82. The Morgan fingerprint density at radius 2 is 1.80 bits per heavy atom. The molecule has 1 unspecified atom stereocenters. The molecule has 2 rings (SSSR count). The molecule has 20 heavy (non-hydrogen) atoms. The summed E-state index contributed by atoms with van der Waals surface area (Å²) in [6.45, 7) is 8.13. The van der Waals surface area contributed by atoms with E-state index in [2.05, 4.69) is 29.2 Å². The molecule has 0 saturated carbocycles. The van der Waals surface area contributed by atoms with Gasteiger partial charge in [-0.15, -0.1) is 0 Å². The second kappa shape index (κ2) is 6.37. The molecule has 2 N–H and O–H groups in total. The molecule has 110 valence electrons. The van der Waals surface area contributed by atoms with E-state index in [0.29, 0.717) is 6.42 Å². The standard InChI is InChI=1S/C16H25N3O/c1-3-16(2,17)15(20)19-11-9-18(10-12-19)13-14-7-5-4-6-8-14/h4-8H,3,9-13,17H2,1-2H3. The van der Waals surface area contributed by atoms with Gasteiger partial charge in [0, 0.05) is 32.7 Å². The van der Waals surface area contributed by atoms with Gasteiger partial charge in [-0.3, -0.25) is 9.69 Å². The molecule has 1 fully saturated rings. The van der Waals surface area contributed by atoms with Crippen LogP contribution in [0, 0.1) is 0 Å². The van der Waals surface area contributed by atoms with E-state index in [1.807, 2.05) is 24.8 Å². The van der Waals surface area contributed by atoms with Crippen LogP contribution in [-0.4, -0.2) is 47.4 Å². The molecule has 1 atom stereocenters. The summed E-state index contributed by atoms with van der Waals surface area (Å²) < 4.78 is 0. The van der Waals surface area contributed by atoms with Gasteiger partial charge in [-0.25, -0.2) is 0 Å². The van der Waals surface area contributed by atoms with Gasteiger partial charge in [0.2, 0.25) is 5.91 Å². The summed E-state index contributed by atoms with van der Waals surface area (Å²) in [6, 6.07) is 10.5. The average molecular weight is 275 g/mol. The first-order valence-corrected chi connectivity index (χ1v) is 7.37. The van der Waals surface area contributed by atoms with Gasteiger partial charge >= 0.3 is 0 Å². The fourth-order valence-electron chi connectivity index (χ4n) is 2.46. The van der Waals surface area contributed by atoms with Gasteiger partial charge in [-0.2, -0.15) is 0 Å². The maximum Gasteiger partial charge on any atom is 0.242 e. The largest absolute Gasteiger partial charge is 0.339 e. The highest BCUT2D eigenvalue weighted by Crippen LogP contribution is 2.14. The van der Waals surface area contributed by atoms with Crippen molar-refractivity contribution in [3.05, 3.63) is 35.9 Å². The van der Waals surface area contributed by atoms with E-state index in [-0.39, 0.29) is 5.91 Å². The molecular formula is C16H25N3O. The summed E-state index contributed by atoms with van der Waals surface area (Å²) in [5, 5.41) is 0. The zero-order valence-corrected chi connectivity index (χ0v) is 12.5. The smallest absolute Gasteiger partial charge is 0.242 e. The van der Waals surface area contributed by atoms with Crippen LogP contribution in [0.2, 0.25) is 0 Å². The first-order chi connectivity index (χ1) is 9.53. The molecule has 0 spiro atoms. The highest BCUT2D eigenvalue weighted by atomic mass is 16.2. The Kier molecular flexibility index (Phi) is 4.78. The maximum absolute atomic E-state index is 12.3. The maximum atomic E-state index is 12.3.